The number of carbonyl (C=O) groups excluding carboxylic acids is 1. The maximum Gasteiger partial charge on any atom is 0.319 e. The van der Waals surface area contributed by atoms with Crippen molar-refractivity contribution in [3.8, 4) is 0 Å². The Morgan fingerprint density at radius 2 is 1.96 bits per heavy atom. The number of benzene rings is 2. The third-order valence-corrected chi connectivity index (χ3v) is 4.17. The molecule has 0 aliphatic carbocycles. The van der Waals surface area contributed by atoms with Gasteiger partial charge in [0.05, 0.1) is 6.54 Å². The summed E-state index contributed by atoms with van der Waals surface area (Å²) in [5, 5.41) is 15.5. The second-order valence-corrected chi connectivity index (χ2v) is 6.14. The zero-order valence-corrected chi connectivity index (χ0v) is 13.8. The van der Waals surface area contributed by atoms with Crippen molar-refractivity contribution in [2.24, 2.45) is 0 Å². The van der Waals surface area contributed by atoms with Crippen LogP contribution in [-0.2, 0) is 5.60 Å². The van der Waals surface area contributed by atoms with Gasteiger partial charge in [-0.25, -0.2) is 9.18 Å². The van der Waals surface area contributed by atoms with E-state index in [1.54, 1.807) is 37.4 Å². The minimum Gasteiger partial charge on any atom is -0.384 e. The molecule has 0 radical (unpaired) electrons. The summed E-state index contributed by atoms with van der Waals surface area (Å²) in [7, 11) is 0. The molecular weight excluding hydrogens is 315 g/mol. The Kier molecular flexibility index (Phi) is 5.63. The quantitative estimate of drug-likeness (QED) is 0.733. The normalized spacial score (nSPS) is 13.2. The topological polar surface area (TPSA) is 61.4 Å². The van der Waals surface area contributed by atoms with E-state index in [0.29, 0.717) is 16.1 Å². The van der Waals surface area contributed by atoms with E-state index in [-0.39, 0.29) is 12.4 Å². The second kappa shape index (κ2) is 7.48. The first-order valence-electron chi connectivity index (χ1n) is 7.08. The third-order valence-electron chi connectivity index (χ3n) is 3.40. The van der Waals surface area contributed by atoms with Crippen LogP contribution in [0.15, 0.2) is 53.4 Å². The Balaban J connectivity index is 1.94. The standard InChI is InChI=1S/C17H19FN2O2S/c1-17(22,12-6-4-3-5-7-12)11-19-16(21)20-13-8-9-15(23-2)14(18)10-13/h3-10,22H,11H2,1-2H3,(H2,19,20,21). The number of hydrogen-bond donors (Lipinski definition) is 3. The highest BCUT2D eigenvalue weighted by Crippen LogP contribution is 2.22. The molecule has 122 valence electrons. The third kappa shape index (κ3) is 4.71. The number of nitrogens with one attached hydrogen (secondary N) is 2. The van der Waals surface area contributed by atoms with E-state index in [9.17, 15) is 14.3 Å². The molecule has 0 saturated heterocycles. The molecule has 0 fully saturated rings. The minimum atomic E-state index is -1.19. The zero-order valence-electron chi connectivity index (χ0n) is 13.0. The van der Waals surface area contributed by atoms with Crippen molar-refractivity contribution >= 4 is 23.5 Å². The molecule has 23 heavy (non-hydrogen) atoms. The number of thioether (sulfide) groups is 1. The van der Waals surface area contributed by atoms with Crippen LogP contribution >= 0.6 is 11.8 Å². The van der Waals surface area contributed by atoms with Crippen molar-refractivity contribution in [3.63, 3.8) is 0 Å². The molecule has 0 aliphatic rings. The molecule has 2 rings (SSSR count). The van der Waals surface area contributed by atoms with Crippen LogP contribution in [0.25, 0.3) is 0 Å². The number of halogens is 1. The highest BCUT2D eigenvalue weighted by atomic mass is 32.2. The summed E-state index contributed by atoms with van der Waals surface area (Å²) in [6.45, 7) is 1.66. The highest BCUT2D eigenvalue weighted by molar-refractivity contribution is 7.98. The first-order valence-corrected chi connectivity index (χ1v) is 8.31. The van der Waals surface area contributed by atoms with Crippen molar-refractivity contribution in [1.82, 2.24) is 5.32 Å². The Labute approximate surface area is 139 Å². The molecule has 2 aromatic rings. The van der Waals surface area contributed by atoms with Crippen LogP contribution in [0.5, 0.6) is 0 Å². The average molecular weight is 334 g/mol. The minimum absolute atomic E-state index is 0.0359. The van der Waals surface area contributed by atoms with E-state index in [4.69, 9.17) is 0 Å². The van der Waals surface area contributed by atoms with Crippen molar-refractivity contribution < 1.29 is 14.3 Å². The summed E-state index contributed by atoms with van der Waals surface area (Å²) in [4.78, 5) is 12.4. The largest absolute Gasteiger partial charge is 0.384 e. The van der Waals surface area contributed by atoms with Crippen molar-refractivity contribution in [2.45, 2.75) is 17.4 Å². The van der Waals surface area contributed by atoms with Crippen LogP contribution in [0.2, 0.25) is 0 Å². The molecule has 0 aromatic heterocycles. The predicted molar refractivity (Wildman–Crippen MR) is 91.2 cm³/mol. The lowest BCUT2D eigenvalue weighted by Crippen LogP contribution is -2.40. The van der Waals surface area contributed by atoms with Gasteiger partial charge in [-0.3, -0.25) is 0 Å². The van der Waals surface area contributed by atoms with E-state index < -0.39 is 11.6 Å². The molecule has 0 heterocycles. The SMILES string of the molecule is CSc1ccc(NC(=O)NCC(C)(O)c2ccccc2)cc1F. The zero-order chi connectivity index (χ0) is 16.9. The Morgan fingerprint density at radius 3 is 2.57 bits per heavy atom. The van der Waals surface area contributed by atoms with E-state index >= 15 is 0 Å². The van der Waals surface area contributed by atoms with Crippen molar-refractivity contribution in [3.05, 3.63) is 59.9 Å². The molecular formula is C17H19FN2O2S. The lowest BCUT2D eigenvalue weighted by Gasteiger charge is -2.24. The van der Waals surface area contributed by atoms with Gasteiger partial charge in [-0.05, 0) is 36.9 Å². The molecule has 0 saturated carbocycles. The first kappa shape index (κ1) is 17.3. The molecule has 0 aliphatic heterocycles. The number of rotatable bonds is 5. The number of carbonyl (C=O) groups is 1. The van der Waals surface area contributed by atoms with Crippen molar-refractivity contribution in [1.29, 1.82) is 0 Å². The number of amides is 2. The fraction of sp³-hybridized carbons (Fsp3) is 0.235. The maximum absolute atomic E-state index is 13.7. The molecule has 1 unspecified atom stereocenters. The van der Waals surface area contributed by atoms with Gasteiger partial charge >= 0.3 is 6.03 Å². The second-order valence-electron chi connectivity index (χ2n) is 5.30. The number of aliphatic hydroxyl groups is 1. The summed E-state index contributed by atoms with van der Waals surface area (Å²) in [5.41, 5.74) is -0.125. The molecule has 2 aromatic carbocycles. The van der Waals surface area contributed by atoms with E-state index in [1.165, 1.54) is 17.8 Å². The summed E-state index contributed by atoms with van der Waals surface area (Å²) < 4.78 is 13.7. The summed E-state index contributed by atoms with van der Waals surface area (Å²) in [6.07, 6.45) is 1.78. The molecule has 4 nitrogen and oxygen atoms in total. The fourth-order valence-corrected chi connectivity index (χ4v) is 2.53. The molecule has 0 spiro atoms. The Bertz CT molecular complexity index is 678. The van der Waals surface area contributed by atoms with Crippen LogP contribution in [0.3, 0.4) is 0 Å². The molecule has 1 atom stereocenters. The van der Waals surface area contributed by atoms with Gasteiger partial charge in [0.15, 0.2) is 0 Å². The van der Waals surface area contributed by atoms with Gasteiger partial charge in [0.2, 0.25) is 0 Å². The monoisotopic (exact) mass is 334 g/mol. The lowest BCUT2D eigenvalue weighted by atomic mass is 9.96. The molecule has 3 N–H and O–H groups in total. The number of hydrogen-bond acceptors (Lipinski definition) is 3. The van der Waals surface area contributed by atoms with E-state index in [1.807, 2.05) is 18.2 Å². The molecule has 6 heteroatoms. The van der Waals surface area contributed by atoms with Crippen LogP contribution in [0.1, 0.15) is 12.5 Å². The summed E-state index contributed by atoms with van der Waals surface area (Å²) in [6, 6.07) is 13.1. The van der Waals surface area contributed by atoms with Crippen LogP contribution in [0.4, 0.5) is 14.9 Å². The van der Waals surface area contributed by atoms with Gasteiger partial charge < -0.3 is 15.7 Å². The Morgan fingerprint density at radius 1 is 1.26 bits per heavy atom. The van der Waals surface area contributed by atoms with Gasteiger partial charge in [0.25, 0.3) is 0 Å². The van der Waals surface area contributed by atoms with Gasteiger partial charge in [0.1, 0.15) is 11.4 Å². The summed E-state index contributed by atoms with van der Waals surface area (Å²) >= 11 is 1.30. The lowest BCUT2D eigenvalue weighted by molar-refractivity contribution is 0.0599. The average Bonchev–Trinajstić information content (AvgIpc) is 2.54. The number of anilines is 1. The predicted octanol–water partition coefficient (Wildman–Crippen LogP) is 3.58. The van der Waals surface area contributed by atoms with E-state index in [2.05, 4.69) is 10.6 Å². The van der Waals surface area contributed by atoms with Gasteiger partial charge in [-0.15, -0.1) is 11.8 Å². The molecule has 2 amide bonds. The van der Waals surface area contributed by atoms with Crippen LogP contribution in [-0.4, -0.2) is 23.9 Å². The Hall–Kier alpha value is -2.05. The fourth-order valence-electron chi connectivity index (χ4n) is 2.07. The smallest absolute Gasteiger partial charge is 0.319 e. The summed E-state index contributed by atoms with van der Waals surface area (Å²) in [5.74, 6) is -0.383. The van der Waals surface area contributed by atoms with Crippen molar-refractivity contribution in [2.75, 3.05) is 18.1 Å². The van der Waals surface area contributed by atoms with Gasteiger partial charge in [-0.1, -0.05) is 30.3 Å². The van der Waals surface area contributed by atoms with Gasteiger partial charge in [-0.2, -0.15) is 0 Å². The maximum atomic E-state index is 13.7. The number of urea groups is 1. The van der Waals surface area contributed by atoms with E-state index in [0.717, 1.165) is 0 Å². The molecule has 0 bridgehead atoms. The highest BCUT2D eigenvalue weighted by Gasteiger charge is 2.23. The van der Waals surface area contributed by atoms with Crippen LogP contribution < -0.4 is 10.6 Å². The van der Waals surface area contributed by atoms with Crippen LogP contribution in [0, 0.1) is 5.82 Å². The first-order chi connectivity index (χ1) is 10.9. The van der Waals surface area contributed by atoms with Gasteiger partial charge in [0, 0.05) is 10.6 Å².